The Hall–Kier alpha value is -4.36. The highest BCUT2D eigenvalue weighted by molar-refractivity contribution is 6.10. The maximum atomic E-state index is 13.3. The molecule has 43 heavy (non-hydrogen) atoms. The van der Waals surface area contributed by atoms with E-state index in [0.717, 1.165) is 72.8 Å². The zero-order valence-corrected chi connectivity index (χ0v) is 26.2. The number of hydrogen-bond acceptors (Lipinski definition) is 7. The van der Waals surface area contributed by atoms with E-state index >= 15 is 0 Å². The molecule has 5 aromatic rings. The largest absolute Gasteiger partial charge is 0.493 e. The number of benzene rings is 3. The standard InChI is InChI=1S/C36H38N4O3/c1-20-17-28-21(2)25(24-18-38-35(39-19-24)40(7)8)9-10-26(28)32(30(20)34(22(3)41)43-36(4,5)6)27-11-12-29-31-23(14-16-42-29)13-15-37-33(27)31/h9-13,15,17-19,34H,14,16H2,1-8H3/t34-/m1/s1. The second-order valence-electron chi connectivity index (χ2n) is 12.6. The van der Waals surface area contributed by atoms with Crippen molar-refractivity contribution in [3.8, 4) is 28.0 Å². The van der Waals surface area contributed by atoms with E-state index in [1.807, 2.05) is 64.4 Å². The first-order chi connectivity index (χ1) is 20.4. The lowest BCUT2D eigenvalue weighted by Gasteiger charge is -2.30. The minimum Gasteiger partial charge on any atom is -0.493 e. The average Bonchev–Trinajstić information content (AvgIpc) is 2.96. The molecule has 0 saturated carbocycles. The summed E-state index contributed by atoms with van der Waals surface area (Å²) in [6.07, 6.45) is 5.71. The Morgan fingerprint density at radius 2 is 1.70 bits per heavy atom. The van der Waals surface area contributed by atoms with E-state index in [2.05, 4.69) is 54.1 Å². The van der Waals surface area contributed by atoms with Gasteiger partial charge in [-0.15, -0.1) is 0 Å². The van der Waals surface area contributed by atoms with E-state index in [9.17, 15) is 4.79 Å². The van der Waals surface area contributed by atoms with Crippen molar-refractivity contribution in [1.82, 2.24) is 15.0 Å². The molecule has 1 atom stereocenters. The fourth-order valence-corrected chi connectivity index (χ4v) is 6.20. The number of nitrogens with zero attached hydrogens (tertiary/aromatic N) is 4. The van der Waals surface area contributed by atoms with Crippen molar-refractivity contribution in [2.45, 2.75) is 59.7 Å². The molecule has 6 rings (SSSR count). The van der Waals surface area contributed by atoms with Crippen LogP contribution in [0.1, 0.15) is 56.1 Å². The van der Waals surface area contributed by atoms with Crippen molar-refractivity contribution >= 4 is 33.4 Å². The SMILES string of the molecule is CC(=O)[C@@H](OC(C)(C)C)c1c(C)cc2c(C)c(-c3cnc(N(C)C)nc3)ccc2c1-c1ccc2c3c(ccnc13)CCO2. The Bertz CT molecular complexity index is 1880. The van der Waals surface area contributed by atoms with Gasteiger partial charge in [-0.05, 0) is 104 Å². The summed E-state index contributed by atoms with van der Waals surface area (Å²) in [6.45, 7) is 12.4. The number of ether oxygens (including phenoxy) is 2. The third-order valence-corrected chi connectivity index (χ3v) is 8.13. The highest BCUT2D eigenvalue weighted by Crippen LogP contribution is 2.46. The number of pyridine rings is 1. The average molecular weight is 575 g/mol. The molecule has 220 valence electrons. The first-order valence-electron chi connectivity index (χ1n) is 14.7. The highest BCUT2D eigenvalue weighted by atomic mass is 16.5. The zero-order valence-electron chi connectivity index (χ0n) is 26.2. The summed E-state index contributed by atoms with van der Waals surface area (Å²) < 4.78 is 12.6. The minimum absolute atomic E-state index is 0.0379. The Morgan fingerprint density at radius 3 is 2.37 bits per heavy atom. The van der Waals surface area contributed by atoms with E-state index < -0.39 is 11.7 Å². The molecule has 2 aromatic heterocycles. The highest BCUT2D eigenvalue weighted by Gasteiger charge is 2.31. The molecule has 3 aromatic carbocycles. The second-order valence-corrected chi connectivity index (χ2v) is 12.6. The smallest absolute Gasteiger partial charge is 0.224 e. The van der Waals surface area contributed by atoms with Crippen LogP contribution in [-0.2, 0) is 16.0 Å². The summed E-state index contributed by atoms with van der Waals surface area (Å²) in [7, 11) is 3.86. The van der Waals surface area contributed by atoms with Crippen molar-refractivity contribution in [3.63, 3.8) is 0 Å². The van der Waals surface area contributed by atoms with Gasteiger partial charge >= 0.3 is 0 Å². The normalized spacial score (nSPS) is 13.7. The number of carbonyl (C=O) groups is 1. The molecule has 0 amide bonds. The molecule has 0 spiro atoms. The van der Waals surface area contributed by atoms with E-state index in [-0.39, 0.29) is 5.78 Å². The van der Waals surface area contributed by atoms with Gasteiger partial charge in [-0.25, -0.2) is 9.97 Å². The van der Waals surface area contributed by atoms with Gasteiger partial charge in [-0.1, -0.05) is 18.2 Å². The van der Waals surface area contributed by atoms with Crippen LogP contribution in [0.5, 0.6) is 5.75 Å². The quantitative estimate of drug-likeness (QED) is 0.207. The number of rotatable bonds is 6. The molecular formula is C36H38N4O3. The summed E-state index contributed by atoms with van der Waals surface area (Å²) in [4.78, 5) is 29.2. The van der Waals surface area contributed by atoms with Crippen LogP contribution in [-0.4, -0.2) is 47.0 Å². The molecule has 1 aliphatic rings. The van der Waals surface area contributed by atoms with Crippen LogP contribution >= 0.6 is 0 Å². The lowest BCUT2D eigenvalue weighted by molar-refractivity contribution is -0.138. The fourth-order valence-electron chi connectivity index (χ4n) is 6.20. The van der Waals surface area contributed by atoms with Crippen LogP contribution in [0.15, 0.2) is 55.0 Å². The topological polar surface area (TPSA) is 77.4 Å². The zero-order chi connectivity index (χ0) is 30.6. The number of carbonyl (C=O) groups excluding carboxylic acids is 1. The molecule has 0 N–H and O–H groups in total. The number of ketones is 1. The van der Waals surface area contributed by atoms with Gasteiger partial charge in [-0.3, -0.25) is 9.78 Å². The summed E-state index contributed by atoms with van der Waals surface area (Å²) >= 11 is 0. The predicted octanol–water partition coefficient (Wildman–Crippen LogP) is 7.57. The monoisotopic (exact) mass is 574 g/mol. The van der Waals surface area contributed by atoms with Crippen LogP contribution in [0.3, 0.4) is 0 Å². The summed E-state index contributed by atoms with van der Waals surface area (Å²) in [5.74, 6) is 1.47. The number of aromatic nitrogens is 3. The molecule has 0 bridgehead atoms. The molecule has 3 heterocycles. The summed E-state index contributed by atoms with van der Waals surface area (Å²) in [5, 5.41) is 3.17. The van der Waals surface area contributed by atoms with Crippen molar-refractivity contribution in [2.75, 3.05) is 25.6 Å². The third-order valence-electron chi connectivity index (χ3n) is 8.13. The molecule has 0 saturated heterocycles. The number of aryl methyl sites for hydroxylation is 2. The molecule has 0 radical (unpaired) electrons. The van der Waals surface area contributed by atoms with Gasteiger partial charge in [0.2, 0.25) is 5.95 Å². The molecule has 1 aliphatic heterocycles. The molecular weight excluding hydrogens is 536 g/mol. The van der Waals surface area contributed by atoms with Crippen LogP contribution in [0.2, 0.25) is 0 Å². The molecule has 7 heteroatoms. The summed E-state index contributed by atoms with van der Waals surface area (Å²) in [5.41, 5.74) is 8.49. The van der Waals surface area contributed by atoms with Crippen molar-refractivity contribution < 1.29 is 14.3 Å². The van der Waals surface area contributed by atoms with Crippen LogP contribution < -0.4 is 9.64 Å². The van der Waals surface area contributed by atoms with E-state index in [0.29, 0.717) is 12.6 Å². The lowest BCUT2D eigenvalue weighted by Crippen LogP contribution is -2.27. The van der Waals surface area contributed by atoms with Gasteiger partial charge in [-0.2, -0.15) is 0 Å². The van der Waals surface area contributed by atoms with Gasteiger partial charge in [0.1, 0.15) is 11.9 Å². The fraction of sp³-hybridized carbons (Fsp3) is 0.333. The second kappa shape index (κ2) is 10.7. The summed E-state index contributed by atoms with van der Waals surface area (Å²) in [6, 6.07) is 12.7. The number of Topliss-reactive ketones (excluding diaryl/α,β-unsaturated/α-hetero) is 1. The van der Waals surface area contributed by atoms with Crippen LogP contribution in [0.4, 0.5) is 5.95 Å². The Morgan fingerprint density at radius 1 is 0.977 bits per heavy atom. The molecule has 0 aliphatic carbocycles. The van der Waals surface area contributed by atoms with Crippen molar-refractivity contribution in [2.24, 2.45) is 0 Å². The molecule has 7 nitrogen and oxygen atoms in total. The van der Waals surface area contributed by atoms with Gasteiger partial charge in [0.05, 0.1) is 17.7 Å². The van der Waals surface area contributed by atoms with Gasteiger partial charge in [0.15, 0.2) is 5.78 Å². The van der Waals surface area contributed by atoms with Crippen LogP contribution in [0, 0.1) is 13.8 Å². The van der Waals surface area contributed by atoms with E-state index in [1.165, 1.54) is 5.56 Å². The van der Waals surface area contributed by atoms with E-state index in [4.69, 9.17) is 14.5 Å². The molecule has 0 unspecified atom stereocenters. The first kappa shape index (κ1) is 28.7. The Balaban J connectivity index is 1.68. The molecule has 0 fully saturated rings. The Labute approximate surface area is 252 Å². The van der Waals surface area contributed by atoms with E-state index in [1.54, 1.807) is 6.92 Å². The number of anilines is 1. The van der Waals surface area contributed by atoms with Crippen molar-refractivity contribution in [3.05, 3.63) is 77.2 Å². The predicted molar refractivity (Wildman–Crippen MR) is 173 cm³/mol. The first-order valence-corrected chi connectivity index (χ1v) is 14.7. The third kappa shape index (κ3) is 5.12. The maximum absolute atomic E-state index is 13.3. The minimum atomic E-state index is -0.742. The van der Waals surface area contributed by atoms with Gasteiger partial charge in [0.25, 0.3) is 0 Å². The number of hydrogen-bond donors (Lipinski definition) is 0. The van der Waals surface area contributed by atoms with Crippen molar-refractivity contribution in [1.29, 1.82) is 0 Å². The van der Waals surface area contributed by atoms with Crippen LogP contribution in [0.25, 0.3) is 43.9 Å². The maximum Gasteiger partial charge on any atom is 0.224 e. The van der Waals surface area contributed by atoms with Gasteiger partial charge < -0.3 is 14.4 Å². The number of fused-ring (bicyclic) bond motifs is 1. The van der Waals surface area contributed by atoms with Gasteiger partial charge in [0, 0.05) is 55.6 Å². The lowest BCUT2D eigenvalue weighted by atomic mass is 9.83. The Kier molecular flexibility index (Phi) is 7.17.